The molecule has 9 nitrogen and oxygen atoms in total. The first-order chi connectivity index (χ1) is 12.6. The molecule has 1 saturated heterocycles. The van der Waals surface area contributed by atoms with Gasteiger partial charge in [-0.15, -0.1) is 24.2 Å². The first-order valence-corrected chi connectivity index (χ1v) is 11.5. The number of hydrogen-bond donors (Lipinski definition) is 4. The van der Waals surface area contributed by atoms with Gasteiger partial charge in [-0.25, -0.2) is 0 Å². The SMILES string of the molecule is OC[C@@H]1C[N-]CC[N-][C@@H](CO)C[N-][C@H](CO)C[N-][C@@H](CO)C[N-]1.[Cl][Mn][Cl]. The fraction of sp³-hybridized carbons (Fsp3) is 1.00. The molecule has 159 valence electrons. The fourth-order valence-corrected chi connectivity index (χ4v) is 2.06. The van der Waals surface area contributed by atoms with Crippen molar-refractivity contribution in [2.45, 2.75) is 24.2 Å². The van der Waals surface area contributed by atoms with E-state index in [1.807, 2.05) is 0 Å². The molecule has 0 spiro atoms. The standard InChI is InChI=1S/C14H28N5O4.2ClH.Mn/c20-7-11-3-15-1-2-16-12(8-21)4-18-14(10-23)6-19-13(9-22)5-17-11;;;/h11-14,20-23H,1-10H2;2*1H;/q-5;;;+2/p-2/t11-,12+,13+,14-;;;/m0.../s1. The number of nitrogens with zero attached hydrogens (tertiary/aromatic N) is 5. The molecule has 0 aromatic carbocycles. The van der Waals surface area contributed by atoms with Gasteiger partial charge in [0.15, 0.2) is 0 Å². The average molecular weight is 456 g/mol. The Labute approximate surface area is 170 Å². The molecule has 0 aromatic heterocycles. The predicted molar refractivity (Wildman–Crippen MR) is 101 cm³/mol. The number of aliphatic hydroxyl groups excluding tert-OH is 4. The van der Waals surface area contributed by atoms with Crippen molar-refractivity contribution in [2.24, 2.45) is 0 Å². The summed E-state index contributed by atoms with van der Waals surface area (Å²) >= 11 is 0.00694. The van der Waals surface area contributed by atoms with Crippen LogP contribution in [0, 0.1) is 0 Å². The van der Waals surface area contributed by atoms with Crippen molar-refractivity contribution in [3.05, 3.63) is 26.6 Å². The molecule has 0 amide bonds. The van der Waals surface area contributed by atoms with Crippen molar-refractivity contribution < 1.29 is 33.6 Å². The van der Waals surface area contributed by atoms with Crippen molar-refractivity contribution in [1.82, 2.24) is 0 Å². The predicted octanol–water partition coefficient (Wildman–Crippen LogP) is 0.689. The first-order valence-electron chi connectivity index (χ1n) is 8.25. The van der Waals surface area contributed by atoms with E-state index < -0.39 is 0 Å². The Balaban J connectivity index is 0.00000194. The molecule has 0 aliphatic carbocycles. The van der Waals surface area contributed by atoms with Gasteiger partial charge >= 0.3 is 33.3 Å². The van der Waals surface area contributed by atoms with E-state index in [2.05, 4.69) is 26.6 Å². The van der Waals surface area contributed by atoms with Gasteiger partial charge in [0.2, 0.25) is 0 Å². The summed E-state index contributed by atoms with van der Waals surface area (Å²) < 4.78 is 0. The zero-order chi connectivity index (χ0) is 19.6. The van der Waals surface area contributed by atoms with Crippen LogP contribution in [-0.2, 0) is 13.1 Å². The van der Waals surface area contributed by atoms with Gasteiger partial charge < -0.3 is 47.0 Å². The molecule has 4 N–H and O–H groups in total. The first kappa shape index (κ1) is 26.7. The summed E-state index contributed by atoms with van der Waals surface area (Å²) in [5, 5.41) is 58.9. The van der Waals surface area contributed by atoms with Gasteiger partial charge in [0.1, 0.15) is 0 Å². The maximum atomic E-state index is 9.36. The van der Waals surface area contributed by atoms with Gasteiger partial charge in [0, 0.05) is 26.4 Å². The molecule has 1 rings (SSSR count). The number of halogens is 2. The maximum absolute atomic E-state index is 9.36. The summed E-state index contributed by atoms with van der Waals surface area (Å²) in [6.07, 6.45) is 0. The summed E-state index contributed by atoms with van der Waals surface area (Å²) in [5.41, 5.74) is 0. The number of aliphatic hydroxyl groups is 4. The Morgan fingerprint density at radius 3 is 1.35 bits per heavy atom. The zero-order valence-electron chi connectivity index (χ0n) is 14.5. The normalized spacial score (nSPS) is 29.8. The van der Waals surface area contributed by atoms with Gasteiger partial charge in [-0.3, -0.25) is 0 Å². The van der Waals surface area contributed by atoms with E-state index in [9.17, 15) is 20.4 Å². The van der Waals surface area contributed by atoms with Gasteiger partial charge in [0.25, 0.3) is 0 Å². The van der Waals surface area contributed by atoms with Crippen LogP contribution in [0.5, 0.6) is 0 Å². The van der Waals surface area contributed by atoms with E-state index in [-0.39, 0.29) is 70.3 Å². The van der Waals surface area contributed by atoms with Crippen molar-refractivity contribution in [2.75, 3.05) is 65.7 Å². The molecule has 1 aliphatic heterocycles. The van der Waals surface area contributed by atoms with E-state index in [1.165, 1.54) is 0 Å². The molecule has 12 heteroatoms. The molecular formula is C14H28Cl2MnN5O4-5. The molecule has 0 radical (unpaired) electrons. The van der Waals surface area contributed by atoms with Crippen LogP contribution in [0.4, 0.5) is 0 Å². The van der Waals surface area contributed by atoms with Crippen LogP contribution in [0.3, 0.4) is 0 Å². The monoisotopic (exact) mass is 455 g/mol. The van der Waals surface area contributed by atoms with Crippen LogP contribution in [0.15, 0.2) is 0 Å². The molecule has 4 atom stereocenters. The average Bonchev–Trinajstić information content (AvgIpc) is 2.66. The van der Waals surface area contributed by atoms with E-state index in [4.69, 9.17) is 20.2 Å². The summed E-state index contributed by atoms with van der Waals surface area (Å²) in [4.78, 5) is 0. The van der Waals surface area contributed by atoms with Crippen LogP contribution in [-0.4, -0.2) is 110 Å². The van der Waals surface area contributed by atoms with E-state index in [0.717, 1.165) is 0 Å². The van der Waals surface area contributed by atoms with Crippen molar-refractivity contribution in [3.8, 4) is 0 Å². The fourth-order valence-electron chi connectivity index (χ4n) is 2.06. The minimum absolute atomic E-state index is 0.00694. The molecule has 26 heavy (non-hydrogen) atoms. The van der Waals surface area contributed by atoms with E-state index >= 15 is 0 Å². The van der Waals surface area contributed by atoms with Crippen LogP contribution >= 0.6 is 20.2 Å². The summed E-state index contributed by atoms with van der Waals surface area (Å²) in [6.45, 7) is 1.79. The Kier molecular flexibility index (Phi) is 19.6. The van der Waals surface area contributed by atoms with Crippen molar-refractivity contribution in [3.63, 3.8) is 0 Å². The van der Waals surface area contributed by atoms with Crippen LogP contribution in [0.25, 0.3) is 26.6 Å². The second-order valence-corrected chi connectivity index (χ2v) is 7.48. The summed E-state index contributed by atoms with van der Waals surface area (Å²) in [5.74, 6) is 0. The Hall–Kier alpha value is 0.739. The second-order valence-electron chi connectivity index (χ2n) is 5.53. The Bertz CT molecular complexity index is 291. The molecule has 1 heterocycles. The van der Waals surface area contributed by atoms with Crippen LogP contribution < -0.4 is 0 Å². The topological polar surface area (TPSA) is 151 Å². The summed E-state index contributed by atoms with van der Waals surface area (Å²) in [7, 11) is 9.59. The van der Waals surface area contributed by atoms with Gasteiger partial charge in [-0.1, -0.05) is 0 Å². The Morgan fingerprint density at radius 2 is 0.962 bits per heavy atom. The molecule has 0 aromatic rings. The van der Waals surface area contributed by atoms with Crippen molar-refractivity contribution >= 4 is 20.2 Å². The van der Waals surface area contributed by atoms with Gasteiger partial charge in [-0.05, 0) is 0 Å². The quantitative estimate of drug-likeness (QED) is 0.460. The zero-order valence-corrected chi connectivity index (χ0v) is 17.2. The minimum atomic E-state index is -0.378. The third-order valence-electron chi connectivity index (χ3n) is 3.55. The number of rotatable bonds is 4. The molecule has 1 aliphatic rings. The third-order valence-corrected chi connectivity index (χ3v) is 3.55. The molecule has 0 bridgehead atoms. The van der Waals surface area contributed by atoms with E-state index in [0.29, 0.717) is 32.7 Å². The van der Waals surface area contributed by atoms with Crippen LogP contribution in [0.1, 0.15) is 0 Å². The van der Waals surface area contributed by atoms with Gasteiger partial charge in [-0.2, -0.15) is 39.3 Å². The molecule has 0 saturated carbocycles. The molecular weight excluding hydrogens is 428 g/mol. The second kappa shape index (κ2) is 19.1. The molecule has 0 unspecified atom stereocenters. The number of hydrogen-bond acceptors (Lipinski definition) is 4. The van der Waals surface area contributed by atoms with E-state index in [1.54, 1.807) is 0 Å². The summed E-state index contributed by atoms with van der Waals surface area (Å²) in [6, 6.07) is -1.37. The third kappa shape index (κ3) is 13.8. The molecule has 1 fully saturated rings. The Morgan fingerprint density at radius 1 is 0.615 bits per heavy atom. The van der Waals surface area contributed by atoms with Crippen molar-refractivity contribution in [1.29, 1.82) is 0 Å². The van der Waals surface area contributed by atoms with Crippen LogP contribution in [0.2, 0.25) is 0 Å². The van der Waals surface area contributed by atoms with Gasteiger partial charge in [0.05, 0.1) is 0 Å².